The highest BCUT2D eigenvalue weighted by atomic mass is 32.2. The van der Waals surface area contributed by atoms with Crippen LogP contribution in [0.5, 0.6) is 0 Å². The molecule has 1 N–H and O–H groups in total. The van der Waals surface area contributed by atoms with E-state index in [4.69, 9.17) is 0 Å². The molecule has 0 radical (unpaired) electrons. The molecule has 5 rings (SSSR count). The highest BCUT2D eigenvalue weighted by Crippen LogP contribution is 2.33. The highest BCUT2D eigenvalue weighted by molar-refractivity contribution is 8.00. The van der Waals surface area contributed by atoms with Gasteiger partial charge in [-0.2, -0.15) is 0 Å². The fraction of sp³-hybridized carbons (Fsp3) is 0.240. The van der Waals surface area contributed by atoms with Crippen LogP contribution in [0.4, 0.5) is 0 Å². The van der Waals surface area contributed by atoms with Crippen LogP contribution in [0.2, 0.25) is 0 Å². The average Bonchev–Trinajstić information content (AvgIpc) is 3.48. The molecule has 9 heteroatoms. The smallest absolute Gasteiger partial charge is 0.274 e. The highest BCUT2D eigenvalue weighted by Gasteiger charge is 2.33. The summed E-state index contributed by atoms with van der Waals surface area (Å²) in [6.07, 6.45) is 1.65. The van der Waals surface area contributed by atoms with E-state index in [0.717, 1.165) is 32.2 Å². The number of aromatic nitrogens is 3. The molecule has 1 saturated heterocycles. The van der Waals surface area contributed by atoms with Crippen LogP contribution in [0.25, 0.3) is 21.5 Å². The molecular weight excluding hydrogens is 466 g/mol. The predicted octanol–water partition coefficient (Wildman–Crippen LogP) is 4.32. The standard InChI is InChI=1S/C25H23N5O2S2/c1-15-5-3-6-18(13-15)22-21(28-16(2)34-22)25(32)30-11-12-33-20(30)14-27-24(31)19-9-8-17-7-4-10-26-23(17)29-19/h3-10,13,20H,11-12,14H2,1-2H3,(H,27,31). The monoisotopic (exact) mass is 489 g/mol. The van der Waals surface area contributed by atoms with Crippen molar-refractivity contribution in [3.8, 4) is 10.4 Å². The van der Waals surface area contributed by atoms with Gasteiger partial charge in [0.25, 0.3) is 11.8 Å². The second-order valence-electron chi connectivity index (χ2n) is 8.06. The normalized spacial score (nSPS) is 15.6. The van der Waals surface area contributed by atoms with E-state index < -0.39 is 0 Å². The summed E-state index contributed by atoms with van der Waals surface area (Å²) in [6, 6.07) is 15.4. The van der Waals surface area contributed by atoms with E-state index in [-0.39, 0.29) is 17.2 Å². The van der Waals surface area contributed by atoms with Gasteiger partial charge in [-0.05, 0) is 43.7 Å². The summed E-state index contributed by atoms with van der Waals surface area (Å²) in [6.45, 7) is 4.91. The molecule has 1 aromatic carbocycles. The van der Waals surface area contributed by atoms with Crippen LogP contribution in [-0.2, 0) is 0 Å². The summed E-state index contributed by atoms with van der Waals surface area (Å²) < 4.78 is 0. The molecule has 1 aliphatic rings. The summed E-state index contributed by atoms with van der Waals surface area (Å²) in [5, 5.41) is 4.51. The lowest BCUT2D eigenvalue weighted by atomic mass is 10.1. The van der Waals surface area contributed by atoms with Gasteiger partial charge < -0.3 is 10.2 Å². The number of thioether (sulfide) groups is 1. The average molecular weight is 490 g/mol. The number of rotatable bonds is 5. The minimum Gasteiger partial charge on any atom is -0.348 e. The topological polar surface area (TPSA) is 88.1 Å². The third-order valence-electron chi connectivity index (χ3n) is 5.60. The van der Waals surface area contributed by atoms with Crippen LogP contribution in [0, 0.1) is 13.8 Å². The van der Waals surface area contributed by atoms with E-state index in [2.05, 4.69) is 26.3 Å². The van der Waals surface area contributed by atoms with Gasteiger partial charge in [0.1, 0.15) is 11.4 Å². The van der Waals surface area contributed by atoms with E-state index in [1.807, 2.05) is 55.1 Å². The van der Waals surface area contributed by atoms with Gasteiger partial charge in [-0.15, -0.1) is 23.1 Å². The molecule has 1 unspecified atom stereocenters. The lowest BCUT2D eigenvalue weighted by Gasteiger charge is -2.23. The Balaban J connectivity index is 1.31. The molecule has 4 heterocycles. The maximum absolute atomic E-state index is 13.5. The SMILES string of the molecule is Cc1cccc(-c2sc(C)nc2C(=O)N2CCSC2CNC(=O)c2ccc3cccnc3n2)c1. The molecule has 1 fully saturated rings. The second-order valence-corrected chi connectivity index (χ2v) is 10.5. The summed E-state index contributed by atoms with van der Waals surface area (Å²) >= 11 is 3.19. The first-order chi connectivity index (χ1) is 16.5. The Bertz CT molecular complexity index is 1390. The Hall–Kier alpha value is -3.30. The first-order valence-corrected chi connectivity index (χ1v) is 12.8. The minimum absolute atomic E-state index is 0.0989. The molecule has 172 valence electrons. The van der Waals surface area contributed by atoms with E-state index in [9.17, 15) is 9.59 Å². The predicted molar refractivity (Wildman–Crippen MR) is 136 cm³/mol. The number of benzene rings is 1. The van der Waals surface area contributed by atoms with E-state index in [1.165, 1.54) is 11.3 Å². The van der Waals surface area contributed by atoms with Crippen LogP contribution in [0.3, 0.4) is 0 Å². The Morgan fingerprint density at radius 1 is 1.12 bits per heavy atom. The van der Waals surface area contributed by atoms with Crippen LogP contribution < -0.4 is 5.32 Å². The minimum atomic E-state index is -0.280. The van der Waals surface area contributed by atoms with Crippen LogP contribution in [0.1, 0.15) is 31.5 Å². The van der Waals surface area contributed by atoms with Gasteiger partial charge in [-0.25, -0.2) is 15.0 Å². The summed E-state index contributed by atoms with van der Waals surface area (Å²) in [7, 11) is 0. The summed E-state index contributed by atoms with van der Waals surface area (Å²) in [4.78, 5) is 42.1. The zero-order valence-electron chi connectivity index (χ0n) is 18.8. The quantitative estimate of drug-likeness (QED) is 0.449. The van der Waals surface area contributed by atoms with Crippen molar-refractivity contribution in [2.75, 3.05) is 18.8 Å². The molecule has 0 bridgehead atoms. The van der Waals surface area contributed by atoms with Gasteiger partial charge in [0, 0.05) is 30.4 Å². The number of hydrogen-bond acceptors (Lipinski definition) is 7. The molecule has 1 atom stereocenters. The van der Waals surface area contributed by atoms with Gasteiger partial charge >= 0.3 is 0 Å². The third kappa shape index (κ3) is 4.53. The maximum Gasteiger partial charge on any atom is 0.274 e. The zero-order chi connectivity index (χ0) is 23.7. The number of hydrogen-bond donors (Lipinski definition) is 1. The number of nitrogens with one attached hydrogen (secondary N) is 1. The molecule has 4 aromatic rings. The lowest BCUT2D eigenvalue weighted by molar-refractivity contribution is 0.0746. The van der Waals surface area contributed by atoms with Crippen molar-refractivity contribution in [2.45, 2.75) is 19.2 Å². The van der Waals surface area contributed by atoms with Crippen molar-refractivity contribution in [3.05, 3.63) is 76.7 Å². The Morgan fingerprint density at radius 2 is 2.00 bits per heavy atom. The van der Waals surface area contributed by atoms with E-state index in [1.54, 1.807) is 24.0 Å². The van der Waals surface area contributed by atoms with Gasteiger partial charge in [0.05, 0.1) is 15.3 Å². The number of nitrogens with zero attached hydrogens (tertiary/aromatic N) is 4. The largest absolute Gasteiger partial charge is 0.348 e. The van der Waals surface area contributed by atoms with E-state index >= 15 is 0 Å². The molecule has 2 amide bonds. The molecule has 0 aliphatic carbocycles. The zero-order valence-corrected chi connectivity index (χ0v) is 20.4. The third-order valence-corrected chi connectivity index (χ3v) is 7.85. The first kappa shape index (κ1) is 22.5. The van der Waals surface area contributed by atoms with Crippen molar-refractivity contribution in [2.24, 2.45) is 0 Å². The number of carbonyl (C=O) groups is 2. The van der Waals surface area contributed by atoms with Crippen molar-refractivity contribution >= 4 is 45.9 Å². The fourth-order valence-electron chi connectivity index (χ4n) is 3.96. The number of pyridine rings is 2. The second kappa shape index (κ2) is 9.52. The number of aryl methyl sites for hydroxylation is 2. The Kier molecular flexibility index (Phi) is 6.30. The molecule has 34 heavy (non-hydrogen) atoms. The molecule has 7 nitrogen and oxygen atoms in total. The molecule has 0 saturated carbocycles. The summed E-state index contributed by atoms with van der Waals surface area (Å²) in [5.41, 5.74) is 3.46. The number of fused-ring (bicyclic) bond motifs is 1. The number of carbonyl (C=O) groups excluding carboxylic acids is 2. The fourth-order valence-corrected chi connectivity index (χ4v) is 6.03. The Labute approximate surface area is 205 Å². The van der Waals surface area contributed by atoms with Crippen LogP contribution in [0.15, 0.2) is 54.7 Å². The molecular formula is C25H23N5O2S2. The first-order valence-electron chi connectivity index (χ1n) is 11.0. The summed E-state index contributed by atoms with van der Waals surface area (Å²) in [5.74, 6) is 0.434. The lowest BCUT2D eigenvalue weighted by Crippen LogP contribution is -2.42. The number of thiazole rings is 1. The molecule has 3 aromatic heterocycles. The van der Waals surface area contributed by atoms with Crippen LogP contribution in [-0.4, -0.2) is 55.9 Å². The van der Waals surface area contributed by atoms with Crippen molar-refractivity contribution in [3.63, 3.8) is 0 Å². The van der Waals surface area contributed by atoms with Gasteiger partial charge in [-0.1, -0.05) is 29.8 Å². The van der Waals surface area contributed by atoms with Gasteiger partial charge in [0.15, 0.2) is 5.65 Å². The van der Waals surface area contributed by atoms with Crippen molar-refractivity contribution in [1.29, 1.82) is 0 Å². The van der Waals surface area contributed by atoms with E-state index in [0.29, 0.717) is 30.1 Å². The van der Waals surface area contributed by atoms with Crippen LogP contribution >= 0.6 is 23.1 Å². The van der Waals surface area contributed by atoms with Crippen molar-refractivity contribution in [1.82, 2.24) is 25.2 Å². The molecule has 1 aliphatic heterocycles. The molecule has 0 spiro atoms. The van der Waals surface area contributed by atoms with Gasteiger partial charge in [0.2, 0.25) is 0 Å². The maximum atomic E-state index is 13.5. The van der Waals surface area contributed by atoms with Gasteiger partial charge in [-0.3, -0.25) is 9.59 Å². The Morgan fingerprint density at radius 3 is 2.85 bits per heavy atom. The van der Waals surface area contributed by atoms with Crippen molar-refractivity contribution < 1.29 is 9.59 Å². The number of amides is 2.